The Morgan fingerprint density at radius 3 is 2.45 bits per heavy atom. The summed E-state index contributed by atoms with van der Waals surface area (Å²) in [7, 11) is 0. The molecular formula is C14H16O6. The molecule has 1 aromatic carbocycles. The predicted molar refractivity (Wildman–Crippen MR) is 66.7 cm³/mol. The van der Waals surface area contributed by atoms with Gasteiger partial charge in [0.25, 0.3) is 0 Å². The van der Waals surface area contributed by atoms with Crippen molar-refractivity contribution >= 4 is 5.97 Å². The van der Waals surface area contributed by atoms with E-state index < -0.39 is 36.2 Å². The number of hydrogen-bond acceptors (Lipinski definition) is 6. The van der Waals surface area contributed by atoms with Gasteiger partial charge in [-0.1, -0.05) is 18.2 Å². The topological polar surface area (TPSA) is 96.2 Å². The lowest BCUT2D eigenvalue weighted by atomic mass is 9.72. The number of rotatable bonds is 2. The van der Waals surface area contributed by atoms with Crippen LogP contribution >= 0.6 is 0 Å². The normalized spacial score (nSPS) is 39.5. The molecule has 1 saturated heterocycles. The van der Waals surface area contributed by atoms with Crippen molar-refractivity contribution in [3.63, 3.8) is 0 Å². The van der Waals surface area contributed by atoms with Crippen molar-refractivity contribution in [2.45, 2.75) is 43.0 Å². The number of esters is 1. The Morgan fingerprint density at radius 2 is 1.95 bits per heavy atom. The third kappa shape index (κ3) is 1.92. The molecule has 1 aliphatic heterocycles. The van der Waals surface area contributed by atoms with Crippen LogP contribution in [0.3, 0.4) is 0 Å². The number of aliphatic hydroxyl groups excluding tert-OH is 3. The molecule has 1 spiro atoms. The van der Waals surface area contributed by atoms with Gasteiger partial charge in [-0.15, -0.1) is 0 Å². The molecule has 0 radical (unpaired) electrons. The highest BCUT2D eigenvalue weighted by Crippen LogP contribution is 2.47. The third-order valence-corrected chi connectivity index (χ3v) is 4.06. The zero-order chi connectivity index (χ0) is 14.3. The van der Waals surface area contributed by atoms with Crippen LogP contribution in [0, 0.1) is 0 Å². The standard InChI is InChI=1S/C14H16O6/c15-10-11(16)14(20-13(10)18)7-6-9(14)19-12(17)8-4-2-1-3-5-8/h1-5,9-11,13,15-16,18H,6-7H2/t9-,10-,11?,13+,14-/m0/s1. The summed E-state index contributed by atoms with van der Waals surface area (Å²) in [4.78, 5) is 12.0. The maximum Gasteiger partial charge on any atom is 0.338 e. The van der Waals surface area contributed by atoms with E-state index in [9.17, 15) is 20.1 Å². The Bertz CT molecular complexity index is 504. The van der Waals surface area contributed by atoms with Gasteiger partial charge in [-0.25, -0.2) is 4.79 Å². The molecular weight excluding hydrogens is 264 g/mol. The van der Waals surface area contributed by atoms with Gasteiger partial charge in [0, 0.05) is 0 Å². The summed E-state index contributed by atoms with van der Waals surface area (Å²) in [5.74, 6) is -0.513. The second-order valence-corrected chi connectivity index (χ2v) is 5.20. The van der Waals surface area contributed by atoms with Crippen LogP contribution in [0.15, 0.2) is 30.3 Å². The monoisotopic (exact) mass is 280 g/mol. The molecule has 1 heterocycles. The van der Waals surface area contributed by atoms with Gasteiger partial charge in [0.2, 0.25) is 0 Å². The molecule has 2 fully saturated rings. The molecule has 3 rings (SSSR count). The molecule has 5 atom stereocenters. The zero-order valence-corrected chi connectivity index (χ0v) is 10.7. The minimum atomic E-state index is -1.46. The third-order valence-electron chi connectivity index (χ3n) is 4.06. The van der Waals surface area contributed by atoms with Gasteiger partial charge < -0.3 is 24.8 Å². The number of carbonyl (C=O) groups is 1. The Kier molecular flexibility index (Phi) is 3.25. The van der Waals surface area contributed by atoms with Gasteiger partial charge in [0.15, 0.2) is 6.29 Å². The number of benzene rings is 1. The quantitative estimate of drug-likeness (QED) is 0.650. The van der Waals surface area contributed by atoms with Crippen LogP contribution in [-0.4, -0.2) is 51.5 Å². The minimum Gasteiger partial charge on any atom is -0.456 e. The first-order valence-corrected chi connectivity index (χ1v) is 6.52. The van der Waals surface area contributed by atoms with Crippen molar-refractivity contribution in [3.05, 3.63) is 35.9 Å². The number of ether oxygens (including phenoxy) is 2. The lowest BCUT2D eigenvalue weighted by molar-refractivity contribution is -0.235. The summed E-state index contributed by atoms with van der Waals surface area (Å²) < 4.78 is 10.6. The molecule has 1 aromatic rings. The van der Waals surface area contributed by atoms with E-state index in [2.05, 4.69) is 0 Å². The lowest BCUT2D eigenvalue weighted by Gasteiger charge is -2.46. The zero-order valence-electron chi connectivity index (χ0n) is 10.7. The SMILES string of the molecule is O=C(O[C@H]1CC[C@]12O[C@@H](O)[C@@H](O)C2O)c1ccccc1. The minimum absolute atomic E-state index is 0.406. The summed E-state index contributed by atoms with van der Waals surface area (Å²) in [6.07, 6.45) is -3.82. The van der Waals surface area contributed by atoms with E-state index in [4.69, 9.17) is 9.47 Å². The highest BCUT2D eigenvalue weighted by molar-refractivity contribution is 5.89. The Balaban J connectivity index is 1.72. The number of aliphatic hydroxyl groups is 3. The van der Waals surface area contributed by atoms with Gasteiger partial charge in [-0.2, -0.15) is 0 Å². The van der Waals surface area contributed by atoms with E-state index in [1.807, 2.05) is 0 Å². The number of carbonyl (C=O) groups excluding carboxylic acids is 1. The molecule has 0 bridgehead atoms. The van der Waals surface area contributed by atoms with E-state index >= 15 is 0 Å². The average Bonchev–Trinajstić information content (AvgIpc) is 2.70. The first kappa shape index (κ1) is 13.5. The highest BCUT2D eigenvalue weighted by atomic mass is 16.7. The van der Waals surface area contributed by atoms with Crippen molar-refractivity contribution in [2.24, 2.45) is 0 Å². The van der Waals surface area contributed by atoms with Crippen LogP contribution in [0.2, 0.25) is 0 Å². The van der Waals surface area contributed by atoms with Gasteiger partial charge >= 0.3 is 5.97 Å². The van der Waals surface area contributed by atoms with E-state index in [-0.39, 0.29) is 0 Å². The fraction of sp³-hybridized carbons (Fsp3) is 0.500. The van der Waals surface area contributed by atoms with Crippen LogP contribution < -0.4 is 0 Å². The molecule has 2 aliphatic rings. The smallest absolute Gasteiger partial charge is 0.338 e. The molecule has 0 amide bonds. The van der Waals surface area contributed by atoms with Gasteiger partial charge in [-0.05, 0) is 25.0 Å². The maximum absolute atomic E-state index is 12.0. The van der Waals surface area contributed by atoms with Crippen LogP contribution in [0.25, 0.3) is 0 Å². The summed E-state index contributed by atoms with van der Waals surface area (Å²) in [6.45, 7) is 0. The number of hydrogen-bond donors (Lipinski definition) is 3. The summed E-state index contributed by atoms with van der Waals surface area (Å²) in [5, 5.41) is 29.0. The second kappa shape index (κ2) is 4.82. The molecule has 0 aromatic heterocycles. The van der Waals surface area contributed by atoms with E-state index in [0.29, 0.717) is 18.4 Å². The molecule has 3 N–H and O–H groups in total. The van der Waals surface area contributed by atoms with Crippen LogP contribution in [-0.2, 0) is 9.47 Å². The first-order valence-electron chi connectivity index (χ1n) is 6.52. The molecule has 1 unspecified atom stereocenters. The van der Waals surface area contributed by atoms with Crippen molar-refractivity contribution in [3.8, 4) is 0 Å². The summed E-state index contributed by atoms with van der Waals surface area (Å²) >= 11 is 0. The summed E-state index contributed by atoms with van der Waals surface area (Å²) in [5.41, 5.74) is -0.786. The summed E-state index contributed by atoms with van der Waals surface area (Å²) in [6, 6.07) is 8.49. The predicted octanol–water partition coefficient (Wildman–Crippen LogP) is -0.185. The highest BCUT2D eigenvalue weighted by Gasteiger charge is 2.64. The molecule has 6 heteroatoms. The van der Waals surface area contributed by atoms with E-state index in [0.717, 1.165) is 0 Å². The van der Waals surface area contributed by atoms with Crippen molar-refractivity contribution in [1.82, 2.24) is 0 Å². The second-order valence-electron chi connectivity index (χ2n) is 5.20. The van der Waals surface area contributed by atoms with Gasteiger partial charge in [0.05, 0.1) is 5.56 Å². The fourth-order valence-corrected chi connectivity index (χ4v) is 2.76. The maximum atomic E-state index is 12.0. The lowest BCUT2D eigenvalue weighted by Crippen LogP contribution is -2.61. The first-order chi connectivity index (χ1) is 9.54. The Labute approximate surface area is 115 Å². The van der Waals surface area contributed by atoms with E-state index in [1.54, 1.807) is 30.3 Å². The Morgan fingerprint density at radius 1 is 1.25 bits per heavy atom. The Hall–Kier alpha value is -1.47. The van der Waals surface area contributed by atoms with Crippen molar-refractivity contribution in [2.75, 3.05) is 0 Å². The van der Waals surface area contributed by atoms with Crippen molar-refractivity contribution < 1.29 is 29.6 Å². The molecule has 6 nitrogen and oxygen atoms in total. The average molecular weight is 280 g/mol. The van der Waals surface area contributed by atoms with E-state index in [1.165, 1.54) is 0 Å². The largest absolute Gasteiger partial charge is 0.456 e. The fourth-order valence-electron chi connectivity index (χ4n) is 2.76. The van der Waals surface area contributed by atoms with Crippen LogP contribution in [0.4, 0.5) is 0 Å². The molecule has 1 aliphatic carbocycles. The van der Waals surface area contributed by atoms with Gasteiger partial charge in [-0.3, -0.25) is 0 Å². The molecule has 108 valence electrons. The van der Waals surface area contributed by atoms with Crippen molar-refractivity contribution in [1.29, 1.82) is 0 Å². The van der Waals surface area contributed by atoms with Gasteiger partial charge in [0.1, 0.15) is 23.9 Å². The molecule has 20 heavy (non-hydrogen) atoms. The van der Waals surface area contributed by atoms with Crippen LogP contribution in [0.5, 0.6) is 0 Å². The molecule has 1 saturated carbocycles. The van der Waals surface area contributed by atoms with Crippen LogP contribution in [0.1, 0.15) is 23.2 Å².